The van der Waals surface area contributed by atoms with Crippen LogP contribution in [0.25, 0.3) is 0 Å². The molecule has 8 heteroatoms. The van der Waals surface area contributed by atoms with Gasteiger partial charge in [-0.1, -0.05) is 12.0 Å². The van der Waals surface area contributed by atoms with Gasteiger partial charge in [-0.3, -0.25) is 4.79 Å². The van der Waals surface area contributed by atoms with Crippen molar-refractivity contribution in [3.8, 4) is 12.3 Å². The summed E-state index contributed by atoms with van der Waals surface area (Å²) in [5.74, 6) is 1.79. The number of hydrogen-bond acceptors (Lipinski definition) is 4. The number of urea groups is 1. The summed E-state index contributed by atoms with van der Waals surface area (Å²) in [4.78, 5) is 23.0. The van der Waals surface area contributed by atoms with Gasteiger partial charge in [0, 0.05) is 6.26 Å². The lowest BCUT2D eigenvalue weighted by atomic mass is 10.2. The number of carbonyl (C=O) groups excluding carboxylic acids is 2. The van der Waals surface area contributed by atoms with E-state index in [0.717, 1.165) is 11.8 Å². The summed E-state index contributed by atoms with van der Waals surface area (Å²) in [6.07, 6.45) is 6.03. The van der Waals surface area contributed by atoms with Crippen LogP contribution in [-0.2, 0) is 14.6 Å². The number of nitrogens with one attached hydrogen (secondary N) is 3. The Balaban J connectivity index is 2.75. The van der Waals surface area contributed by atoms with E-state index in [1.165, 1.54) is 12.1 Å². The first-order valence-electron chi connectivity index (χ1n) is 6.29. The maximum absolute atomic E-state index is 11.7. The molecule has 7 nitrogen and oxygen atoms in total. The minimum absolute atomic E-state index is 0.00466. The van der Waals surface area contributed by atoms with Crippen molar-refractivity contribution in [2.75, 3.05) is 24.7 Å². The van der Waals surface area contributed by atoms with E-state index in [2.05, 4.69) is 21.9 Å². The molecule has 118 valence electrons. The first-order valence-corrected chi connectivity index (χ1v) is 8.19. The Morgan fingerprint density at radius 3 is 2.55 bits per heavy atom. The Kier molecular flexibility index (Phi) is 5.95. The first-order chi connectivity index (χ1) is 10.2. The normalized spacial score (nSPS) is 10.4. The van der Waals surface area contributed by atoms with Crippen LogP contribution in [0.2, 0.25) is 0 Å². The highest BCUT2D eigenvalue weighted by atomic mass is 32.2. The molecule has 0 aliphatic carbocycles. The number of hydrogen-bond donors (Lipinski definition) is 3. The zero-order chi connectivity index (χ0) is 16.8. The van der Waals surface area contributed by atoms with Crippen molar-refractivity contribution in [2.45, 2.75) is 11.8 Å². The molecule has 0 fully saturated rings. The molecular weight excluding hydrogens is 306 g/mol. The Bertz CT molecular complexity index is 720. The molecular formula is C14H17N3O4S. The molecule has 0 aliphatic heterocycles. The molecule has 3 N–H and O–H groups in total. The first kappa shape index (κ1) is 17.5. The van der Waals surface area contributed by atoms with Crippen molar-refractivity contribution < 1.29 is 18.0 Å². The Morgan fingerprint density at radius 2 is 1.95 bits per heavy atom. The van der Waals surface area contributed by atoms with Gasteiger partial charge < -0.3 is 16.0 Å². The molecule has 3 amide bonds. The second-order valence-corrected chi connectivity index (χ2v) is 6.54. The molecule has 1 aromatic rings. The number of benzene rings is 1. The van der Waals surface area contributed by atoms with Crippen LogP contribution in [0.4, 0.5) is 10.5 Å². The molecule has 0 atom stereocenters. The van der Waals surface area contributed by atoms with Crippen molar-refractivity contribution in [2.24, 2.45) is 0 Å². The standard InChI is InChI=1S/C14H17N3O4S/c1-4-7-15-13(18)9-16-14(19)17-11-8-10(2)5-6-12(11)22(3,20)21/h1,5-6,8H,7,9H2,2-3H3,(H,15,18)(H2,16,17,19). The fourth-order valence-corrected chi connectivity index (χ4v) is 2.43. The van der Waals surface area contributed by atoms with Gasteiger partial charge in [0.2, 0.25) is 5.91 Å². The molecule has 0 saturated heterocycles. The predicted octanol–water partition coefficient (Wildman–Crippen LogP) is 0.269. The molecule has 0 saturated carbocycles. The number of rotatable bonds is 5. The smallest absolute Gasteiger partial charge is 0.319 e. The van der Waals surface area contributed by atoms with Crippen LogP contribution in [0.5, 0.6) is 0 Å². The van der Waals surface area contributed by atoms with Gasteiger partial charge in [0.15, 0.2) is 9.84 Å². The summed E-state index contributed by atoms with van der Waals surface area (Å²) in [5, 5.41) is 7.12. The Hall–Kier alpha value is -2.53. The van der Waals surface area contributed by atoms with Crippen molar-refractivity contribution in [1.29, 1.82) is 0 Å². The van der Waals surface area contributed by atoms with Gasteiger partial charge in [0.05, 0.1) is 23.7 Å². The van der Waals surface area contributed by atoms with Crippen LogP contribution < -0.4 is 16.0 Å². The largest absolute Gasteiger partial charge is 0.344 e. The number of aryl methyl sites for hydroxylation is 1. The number of carbonyl (C=O) groups is 2. The van der Waals surface area contributed by atoms with Crippen molar-refractivity contribution in [3.05, 3.63) is 23.8 Å². The highest BCUT2D eigenvalue weighted by molar-refractivity contribution is 7.90. The summed E-state index contributed by atoms with van der Waals surface area (Å²) in [6, 6.07) is 3.90. The van der Waals surface area contributed by atoms with Crippen LogP contribution in [0.1, 0.15) is 5.56 Å². The van der Waals surface area contributed by atoms with Crippen LogP contribution in [0.3, 0.4) is 0 Å². The highest BCUT2D eigenvalue weighted by Crippen LogP contribution is 2.22. The van der Waals surface area contributed by atoms with Gasteiger partial charge in [-0.2, -0.15) is 0 Å². The third-order valence-electron chi connectivity index (χ3n) is 2.58. The van der Waals surface area contributed by atoms with Crippen molar-refractivity contribution in [3.63, 3.8) is 0 Å². The van der Waals surface area contributed by atoms with E-state index < -0.39 is 21.8 Å². The predicted molar refractivity (Wildman–Crippen MR) is 83.2 cm³/mol. The van der Waals surface area contributed by atoms with Crippen molar-refractivity contribution in [1.82, 2.24) is 10.6 Å². The second-order valence-electron chi connectivity index (χ2n) is 4.56. The Labute approximate surface area is 129 Å². The molecule has 1 rings (SSSR count). The van der Waals surface area contributed by atoms with Crippen LogP contribution in [-0.4, -0.2) is 39.7 Å². The van der Waals surface area contributed by atoms with E-state index in [-0.39, 0.29) is 23.7 Å². The van der Waals surface area contributed by atoms with Gasteiger partial charge in [-0.05, 0) is 24.6 Å². The topological polar surface area (TPSA) is 104 Å². The monoisotopic (exact) mass is 323 g/mol. The summed E-state index contributed by atoms with van der Waals surface area (Å²) >= 11 is 0. The van der Waals surface area contributed by atoms with Crippen LogP contribution in [0.15, 0.2) is 23.1 Å². The molecule has 22 heavy (non-hydrogen) atoms. The van der Waals surface area contributed by atoms with E-state index in [4.69, 9.17) is 6.42 Å². The lowest BCUT2D eigenvalue weighted by molar-refractivity contribution is -0.119. The van der Waals surface area contributed by atoms with E-state index >= 15 is 0 Å². The summed E-state index contributed by atoms with van der Waals surface area (Å²) in [5.41, 5.74) is 0.943. The minimum atomic E-state index is -3.48. The third-order valence-corrected chi connectivity index (χ3v) is 3.73. The fraction of sp³-hybridized carbons (Fsp3) is 0.286. The maximum atomic E-state index is 11.7. The lowest BCUT2D eigenvalue weighted by Crippen LogP contribution is -2.39. The van der Waals surface area contributed by atoms with Crippen LogP contribution in [0, 0.1) is 19.3 Å². The lowest BCUT2D eigenvalue weighted by Gasteiger charge is -2.11. The molecule has 0 spiro atoms. The maximum Gasteiger partial charge on any atom is 0.319 e. The molecule has 0 bridgehead atoms. The van der Waals surface area contributed by atoms with Crippen LogP contribution >= 0.6 is 0 Å². The molecule has 0 radical (unpaired) electrons. The molecule has 0 unspecified atom stereocenters. The van der Waals surface area contributed by atoms with E-state index in [1.807, 2.05) is 0 Å². The second kappa shape index (κ2) is 7.47. The van der Waals surface area contributed by atoms with E-state index in [9.17, 15) is 18.0 Å². The van der Waals surface area contributed by atoms with E-state index in [1.54, 1.807) is 13.0 Å². The average molecular weight is 323 g/mol. The quantitative estimate of drug-likeness (QED) is 0.676. The van der Waals surface area contributed by atoms with Gasteiger partial charge in [-0.15, -0.1) is 6.42 Å². The summed E-state index contributed by atoms with van der Waals surface area (Å²) in [6.45, 7) is 1.56. The number of terminal acetylenes is 1. The minimum Gasteiger partial charge on any atom is -0.344 e. The highest BCUT2D eigenvalue weighted by Gasteiger charge is 2.15. The number of sulfone groups is 1. The zero-order valence-electron chi connectivity index (χ0n) is 12.3. The summed E-state index contributed by atoms with van der Waals surface area (Å²) < 4.78 is 23.4. The average Bonchev–Trinajstić information content (AvgIpc) is 2.41. The fourth-order valence-electron chi connectivity index (χ4n) is 1.60. The summed E-state index contributed by atoms with van der Waals surface area (Å²) in [7, 11) is -3.48. The van der Waals surface area contributed by atoms with E-state index in [0.29, 0.717) is 0 Å². The van der Waals surface area contributed by atoms with Crippen molar-refractivity contribution >= 4 is 27.5 Å². The number of amides is 3. The molecule has 0 aliphatic rings. The van der Waals surface area contributed by atoms with Gasteiger partial charge in [0.1, 0.15) is 0 Å². The van der Waals surface area contributed by atoms with Gasteiger partial charge >= 0.3 is 6.03 Å². The van der Waals surface area contributed by atoms with Gasteiger partial charge in [-0.25, -0.2) is 13.2 Å². The molecule has 1 aromatic carbocycles. The Morgan fingerprint density at radius 1 is 1.27 bits per heavy atom. The molecule has 0 heterocycles. The third kappa shape index (κ3) is 5.46. The van der Waals surface area contributed by atoms with Gasteiger partial charge in [0.25, 0.3) is 0 Å². The number of anilines is 1. The SMILES string of the molecule is C#CCNC(=O)CNC(=O)Nc1cc(C)ccc1S(C)(=O)=O. The molecule has 0 aromatic heterocycles. The zero-order valence-corrected chi connectivity index (χ0v) is 13.1.